The number of likely N-dealkylation sites (N-methyl/N-ethyl adjacent to an activating group) is 1. The predicted octanol–water partition coefficient (Wildman–Crippen LogP) is 3.67. The van der Waals surface area contributed by atoms with Crippen molar-refractivity contribution in [2.45, 2.75) is 64.6 Å². The fourth-order valence-corrected chi connectivity index (χ4v) is 5.35. The zero-order valence-corrected chi connectivity index (χ0v) is 26.9. The summed E-state index contributed by atoms with van der Waals surface area (Å²) in [6.07, 6.45) is 2.26. The van der Waals surface area contributed by atoms with E-state index in [0.29, 0.717) is 35.5 Å². The first-order valence-electron chi connectivity index (χ1n) is 14.9. The molecule has 1 N–H and O–H groups in total. The Bertz CT molecular complexity index is 1620. The Balaban J connectivity index is 1.46. The number of alkyl carbamates (subject to hydrolysis) is 1. The summed E-state index contributed by atoms with van der Waals surface area (Å²) in [6.45, 7) is 8.33. The molecule has 0 unspecified atom stereocenters. The third-order valence-electron chi connectivity index (χ3n) is 7.74. The number of carbonyl (C=O) groups is 4. The van der Waals surface area contributed by atoms with E-state index in [1.54, 1.807) is 62.2 Å². The van der Waals surface area contributed by atoms with Gasteiger partial charge in [-0.3, -0.25) is 4.79 Å². The maximum atomic E-state index is 13.2. The van der Waals surface area contributed by atoms with E-state index in [4.69, 9.17) is 19.5 Å². The molecule has 1 aliphatic rings. The average Bonchev–Trinajstić information content (AvgIpc) is 3.45. The van der Waals surface area contributed by atoms with Gasteiger partial charge in [0.2, 0.25) is 5.91 Å². The lowest BCUT2D eigenvalue weighted by molar-refractivity contribution is -0.143. The SMILES string of the molecule is COC(=O)[C@H](Cc1ccc(OC(=O)n2ccc3c(N(C)[C@H]4CN(C(=O)CC#N)CC[C@H]4C)ncnc32)cc1)NC(=O)OC(C)(C)C. The molecule has 1 aromatic carbocycles. The van der Waals surface area contributed by atoms with Crippen LogP contribution in [-0.4, -0.2) is 88.4 Å². The molecule has 0 radical (unpaired) electrons. The fourth-order valence-electron chi connectivity index (χ4n) is 5.35. The molecular formula is C32H39N7O7. The molecule has 1 fully saturated rings. The van der Waals surface area contributed by atoms with Gasteiger partial charge < -0.3 is 29.3 Å². The first-order valence-corrected chi connectivity index (χ1v) is 14.9. The summed E-state index contributed by atoms with van der Waals surface area (Å²) < 4.78 is 17.0. The molecule has 0 saturated carbocycles. The number of piperidine rings is 1. The third-order valence-corrected chi connectivity index (χ3v) is 7.74. The number of rotatable bonds is 8. The first kappa shape index (κ1) is 33.7. The quantitative estimate of drug-likeness (QED) is 0.359. The van der Waals surface area contributed by atoms with Gasteiger partial charge in [-0.2, -0.15) is 5.26 Å². The van der Waals surface area contributed by atoms with Crippen LogP contribution in [0.1, 0.15) is 46.1 Å². The number of nitriles is 1. The molecule has 4 rings (SSSR count). The molecule has 1 aliphatic heterocycles. The number of likely N-dealkylation sites (tertiary alicyclic amines) is 1. The lowest BCUT2D eigenvalue weighted by Crippen LogP contribution is -2.52. The van der Waals surface area contributed by atoms with Gasteiger partial charge in [-0.1, -0.05) is 19.1 Å². The van der Waals surface area contributed by atoms with Gasteiger partial charge in [0.15, 0.2) is 5.65 Å². The molecule has 46 heavy (non-hydrogen) atoms. The maximum absolute atomic E-state index is 13.2. The summed E-state index contributed by atoms with van der Waals surface area (Å²) in [5.74, 6) is 0.299. The van der Waals surface area contributed by atoms with E-state index >= 15 is 0 Å². The Morgan fingerprint density at radius 2 is 1.87 bits per heavy atom. The number of anilines is 1. The molecule has 0 bridgehead atoms. The van der Waals surface area contributed by atoms with E-state index in [0.717, 1.165) is 6.42 Å². The number of nitrogens with zero attached hydrogens (tertiary/aromatic N) is 6. The van der Waals surface area contributed by atoms with Crippen LogP contribution >= 0.6 is 0 Å². The number of nitrogens with one attached hydrogen (secondary N) is 1. The number of methoxy groups -OCH3 is 1. The number of aromatic nitrogens is 3. The third kappa shape index (κ3) is 8.09. The monoisotopic (exact) mass is 633 g/mol. The van der Waals surface area contributed by atoms with Gasteiger partial charge in [-0.15, -0.1) is 0 Å². The topological polar surface area (TPSA) is 169 Å². The van der Waals surface area contributed by atoms with Crippen LogP contribution in [0.3, 0.4) is 0 Å². The van der Waals surface area contributed by atoms with Gasteiger partial charge in [0.05, 0.1) is 24.6 Å². The number of carbonyl (C=O) groups excluding carboxylic acids is 4. The highest BCUT2D eigenvalue weighted by Gasteiger charge is 2.33. The van der Waals surface area contributed by atoms with Gasteiger partial charge in [-0.05, 0) is 56.9 Å². The van der Waals surface area contributed by atoms with Gasteiger partial charge in [-0.25, -0.2) is 28.9 Å². The van der Waals surface area contributed by atoms with Crippen molar-refractivity contribution in [1.29, 1.82) is 5.26 Å². The number of hydrogen-bond acceptors (Lipinski definition) is 11. The minimum Gasteiger partial charge on any atom is -0.467 e. The predicted molar refractivity (Wildman–Crippen MR) is 167 cm³/mol. The minimum absolute atomic E-state index is 0.0542. The van der Waals surface area contributed by atoms with Crippen LogP contribution in [0.25, 0.3) is 11.0 Å². The zero-order valence-electron chi connectivity index (χ0n) is 26.9. The van der Waals surface area contributed by atoms with Gasteiger partial charge in [0.1, 0.15) is 36.0 Å². The molecule has 3 atom stereocenters. The van der Waals surface area contributed by atoms with Crippen LogP contribution in [-0.2, 0) is 25.5 Å². The second-order valence-electron chi connectivity index (χ2n) is 12.2. The van der Waals surface area contributed by atoms with E-state index in [9.17, 15) is 19.2 Å². The summed E-state index contributed by atoms with van der Waals surface area (Å²) in [5.41, 5.74) is 0.304. The van der Waals surface area contributed by atoms with Crippen molar-refractivity contribution in [3.63, 3.8) is 0 Å². The molecule has 0 aliphatic carbocycles. The minimum atomic E-state index is -0.982. The van der Waals surface area contributed by atoms with Crippen LogP contribution in [0.4, 0.5) is 15.4 Å². The normalized spacial score (nSPS) is 17.0. The summed E-state index contributed by atoms with van der Waals surface area (Å²) in [6, 6.07) is 9.14. The van der Waals surface area contributed by atoms with Crippen molar-refractivity contribution < 1.29 is 33.4 Å². The Morgan fingerprint density at radius 1 is 1.15 bits per heavy atom. The highest BCUT2D eigenvalue weighted by Crippen LogP contribution is 2.30. The van der Waals surface area contributed by atoms with Crippen LogP contribution in [0, 0.1) is 17.2 Å². The van der Waals surface area contributed by atoms with Crippen LogP contribution < -0.4 is 15.0 Å². The molecule has 14 heteroatoms. The van der Waals surface area contributed by atoms with E-state index in [2.05, 4.69) is 22.2 Å². The van der Waals surface area contributed by atoms with Crippen LogP contribution in [0.2, 0.25) is 0 Å². The molecule has 244 valence electrons. The number of hydrogen-bond donors (Lipinski definition) is 1. The number of benzene rings is 1. The maximum Gasteiger partial charge on any atom is 0.425 e. The summed E-state index contributed by atoms with van der Waals surface area (Å²) in [7, 11) is 3.13. The number of fused-ring (bicyclic) bond motifs is 1. The smallest absolute Gasteiger partial charge is 0.425 e. The number of amides is 2. The largest absolute Gasteiger partial charge is 0.467 e. The van der Waals surface area contributed by atoms with E-state index < -0.39 is 29.8 Å². The summed E-state index contributed by atoms with van der Waals surface area (Å²) in [5, 5.41) is 12.1. The zero-order chi connectivity index (χ0) is 33.6. The highest BCUT2D eigenvalue weighted by molar-refractivity contribution is 5.94. The Kier molecular flexibility index (Phi) is 10.5. The van der Waals surface area contributed by atoms with E-state index in [-0.39, 0.29) is 36.5 Å². The Hall–Kier alpha value is -5.19. The molecule has 2 amide bonds. The van der Waals surface area contributed by atoms with E-state index in [1.807, 2.05) is 18.0 Å². The number of ether oxygens (including phenoxy) is 3. The average molecular weight is 634 g/mol. The summed E-state index contributed by atoms with van der Waals surface area (Å²) >= 11 is 0. The van der Waals surface area contributed by atoms with Gasteiger partial charge in [0.25, 0.3) is 0 Å². The first-order chi connectivity index (χ1) is 21.8. The Morgan fingerprint density at radius 3 is 2.52 bits per heavy atom. The fraction of sp³-hybridized carbons (Fsp3) is 0.469. The lowest BCUT2D eigenvalue weighted by Gasteiger charge is -2.42. The van der Waals surface area contributed by atoms with Crippen molar-refractivity contribution in [2.75, 3.05) is 32.1 Å². The van der Waals surface area contributed by atoms with Gasteiger partial charge in [0, 0.05) is 32.8 Å². The second-order valence-corrected chi connectivity index (χ2v) is 12.2. The molecule has 1 saturated heterocycles. The van der Waals surface area contributed by atoms with Crippen molar-refractivity contribution in [3.05, 3.63) is 48.4 Å². The van der Waals surface area contributed by atoms with Crippen molar-refractivity contribution >= 4 is 40.9 Å². The Labute approximate surface area is 267 Å². The van der Waals surface area contributed by atoms with Crippen LogP contribution in [0.5, 0.6) is 5.75 Å². The van der Waals surface area contributed by atoms with Crippen molar-refractivity contribution in [3.8, 4) is 11.8 Å². The molecule has 2 aromatic heterocycles. The second kappa shape index (κ2) is 14.3. The standard InChI is InChI=1S/C32H39N7O7/c1-20-12-15-38(26(40)11-14-33)18-25(20)37(5)27-23-13-16-39(28(23)35-19-34-27)31(43)45-22-9-7-21(8-10-22)17-24(29(41)44-6)36-30(42)46-32(2,3)4/h7-10,13,16,19-20,24-25H,11-12,15,17-18H2,1-6H3,(H,36,42)/t20-,24+,25+/m1/s1. The van der Waals surface area contributed by atoms with Crippen molar-refractivity contribution in [2.24, 2.45) is 5.92 Å². The molecule has 0 spiro atoms. The van der Waals surface area contributed by atoms with E-state index in [1.165, 1.54) is 18.0 Å². The van der Waals surface area contributed by atoms with Gasteiger partial charge >= 0.3 is 18.2 Å². The lowest BCUT2D eigenvalue weighted by atomic mass is 9.92. The summed E-state index contributed by atoms with van der Waals surface area (Å²) in [4.78, 5) is 62.7. The molecule has 3 aromatic rings. The molecule has 3 heterocycles. The molecular weight excluding hydrogens is 594 g/mol. The molecule has 14 nitrogen and oxygen atoms in total. The van der Waals surface area contributed by atoms with Crippen LogP contribution in [0.15, 0.2) is 42.9 Å². The highest BCUT2D eigenvalue weighted by atomic mass is 16.6. The van der Waals surface area contributed by atoms with Crippen molar-refractivity contribution in [1.82, 2.24) is 24.8 Å². The number of esters is 1.